The lowest BCUT2D eigenvalue weighted by molar-refractivity contribution is -0.138. The van der Waals surface area contributed by atoms with Crippen LogP contribution in [-0.4, -0.2) is 66.8 Å². The molecule has 0 radical (unpaired) electrons. The molecule has 1 saturated heterocycles. The number of ether oxygens (including phenoxy) is 2. The summed E-state index contributed by atoms with van der Waals surface area (Å²) in [5, 5.41) is 9.59. The quantitative estimate of drug-likeness (QED) is 0.844. The Morgan fingerprint density at radius 3 is 2.88 bits per heavy atom. The maximum absolute atomic E-state index is 10.9. The first kappa shape index (κ1) is 19.3. The van der Waals surface area contributed by atoms with Crippen LogP contribution in [0.25, 0.3) is 0 Å². The number of benzene rings is 1. The van der Waals surface area contributed by atoms with E-state index in [2.05, 4.69) is 4.90 Å². The van der Waals surface area contributed by atoms with Crippen molar-refractivity contribution in [2.45, 2.75) is 38.3 Å². The Morgan fingerprint density at radius 2 is 2.08 bits per heavy atom. The number of hydrogen-bond donors (Lipinski definition) is 1. The predicted octanol–water partition coefficient (Wildman–Crippen LogP) is 2.87. The second-order valence-corrected chi connectivity index (χ2v) is 7.53. The summed E-state index contributed by atoms with van der Waals surface area (Å²) in [6, 6.07) is 4.32. The molecule has 26 heavy (non-hydrogen) atoms. The van der Waals surface area contributed by atoms with Crippen molar-refractivity contribution >= 4 is 17.6 Å². The van der Waals surface area contributed by atoms with Crippen molar-refractivity contribution < 1.29 is 19.4 Å². The van der Waals surface area contributed by atoms with E-state index in [0.29, 0.717) is 30.0 Å². The number of nitrogens with zero attached hydrogens (tertiary/aromatic N) is 2. The monoisotopic (exact) mass is 382 g/mol. The Balaban J connectivity index is 1.62. The minimum Gasteiger partial charge on any atom is -0.489 e. The lowest BCUT2D eigenvalue weighted by atomic mass is 10.1. The number of carboxylic acids is 1. The molecular weight excluding hydrogens is 356 g/mol. The highest BCUT2D eigenvalue weighted by Gasteiger charge is 2.22. The Morgan fingerprint density at radius 1 is 1.27 bits per heavy atom. The number of hydrogen-bond acceptors (Lipinski definition) is 5. The second-order valence-electron chi connectivity index (χ2n) is 7.13. The van der Waals surface area contributed by atoms with Gasteiger partial charge >= 0.3 is 5.97 Å². The van der Waals surface area contributed by atoms with E-state index < -0.39 is 5.97 Å². The highest BCUT2D eigenvalue weighted by Crippen LogP contribution is 2.38. The fourth-order valence-corrected chi connectivity index (χ4v) is 4.00. The van der Waals surface area contributed by atoms with E-state index >= 15 is 0 Å². The summed E-state index contributed by atoms with van der Waals surface area (Å²) < 4.78 is 11.5. The number of likely N-dealkylation sites (tertiary alicyclic amines) is 1. The average Bonchev–Trinajstić information content (AvgIpc) is 2.95. The number of rotatable bonds is 5. The molecule has 0 spiro atoms. The van der Waals surface area contributed by atoms with E-state index in [0.717, 1.165) is 56.6 Å². The van der Waals surface area contributed by atoms with E-state index in [1.54, 1.807) is 0 Å². The third kappa shape index (κ3) is 5.02. The van der Waals surface area contributed by atoms with E-state index in [4.69, 9.17) is 26.2 Å². The molecule has 0 saturated carbocycles. The first-order chi connectivity index (χ1) is 12.5. The zero-order valence-corrected chi connectivity index (χ0v) is 16.0. The Kier molecular flexibility index (Phi) is 6.62. The van der Waals surface area contributed by atoms with Crippen molar-refractivity contribution in [3.63, 3.8) is 0 Å². The zero-order chi connectivity index (χ0) is 18.5. The predicted molar refractivity (Wildman–Crippen MR) is 100 cm³/mol. The maximum atomic E-state index is 10.9. The molecule has 144 valence electrons. The lowest BCUT2D eigenvalue weighted by Crippen LogP contribution is -2.36. The highest BCUT2D eigenvalue weighted by molar-refractivity contribution is 6.32. The van der Waals surface area contributed by atoms with Crippen molar-refractivity contribution in [2.75, 3.05) is 39.9 Å². The minimum atomic E-state index is -0.768. The third-order valence-electron chi connectivity index (χ3n) is 5.07. The number of carboxylic acid groups (broad SMARTS) is 1. The minimum absolute atomic E-state index is 0.0996. The molecule has 1 fully saturated rings. The molecule has 0 aromatic heterocycles. The van der Waals surface area contributed by atoms with Crippen molar-refractivity contribution in [1.82, 2.24) is 9.80 Å². The Labute approximate surface area is 159 Å². The van der Waals surface area contributed by atoms with Crippen LogP contribution in [0.4, 0.5) is 0 Å². The summed E-state index contributed by atoms with van der Waals surface area (Å²) in [6.45, 7) is 4.13. The van der Waals surface area contributed by atoms with Crippen LogP contribution >= 0.6 is 11.6 Å². The molecule has 0 aliphatic carbocycles. The molecule has 7 heteroatoms. The first-order valence-corrected chi connectivity index (χ1v) is 9.63. The Bertz CT molecular complexity index is 640. The maximum Gasteiger partial charge on any atom is 0.317 e. The van der Waals surface area contributed by atoms with Gasteiger partial charge in [0, 0.05) is 19.0 Å². The number of likely N-dealkylation sites (N-methyl/N-ethyl adjacent to an activating group) is 1. The van der Waals surface area contributed by atoms with Crippen LogP contribution in [0.15, 0.2) is 12.1 Å². The van der Waals surface area contributed by atoms with Gasteiger partial charge < -0.3 is 14.6 Å². The fraction of sp³-hybridized carbons (Fsp3) is 0.632. The Hall–Kier alpha value is -1.50. The van der Waals surface area contributed by atoms with Crippen LogP contribution in [0.1, 0.15) is 31.2 Å². The topological polar surface area (TPSA) is 62.2 Å². The van der Waals surface area contributed by atoms with Gasteiger partial charge in [-0.2, -0.15) is 0 Å². The van der Waals surface area contributed by atoms with Gasteiger partial charge in [0.1, 0.15) is 0 Å². The van der Waals surface area contributed by atoms with Gasteiger partial charge in [0.25, 0.3) is 0 Å². The summed E-state index contributed by atoms with van der Waals surface area (Å²) in [5.74, 6) is 0.619. The molecule has 2 heterocycles. The lowest BCUT2D eigenvalue weighted by Gasteiger charge is -2.25. The smallest absolute Gasteiger partial charge is 0.317 e. The van der Waals surface area contributed by atoms with Crippen LogP contribution in [0.2, 0.25) is 5.02 Å². The van der Waals surface area contributed by atoms with E-state index in [9.17, 15) is 4.79 Å². The van der Waals surface area contributed by atoms with E-state index in [1.807, 2.05) is 24.1 Å². The fourth-order valence-electron chi connectivity index (χ4n) is 3.71. The van der Waals surface area contributed by atoms with Gasteiger partial charge in [-0.15, -0.1) is 0 Å². The van der Waals surface area contributed by atoms with E-state index in [-0.39, 0.29) is 6.54 Å². The van der Waals surface area contributed by atoms with Gasteiger partial charge in [-0.05, 0) is 57.1 Å². The standard InChI is InChI=1S/C19H27ClN2O4/c1-21(13-18(23)24)15-4-2-6-22(7-5-15)12-14-10-16(20)19-17(11-14)25-8-3-9-26-19/h10-11,15H,2-9,12-13H2,1H3,(H,23,24). The molecule has 1 N–H and O–H groups in total. The molecule has 1 unspecified atom stereocenters. The van der Waals surface area contributed by atoms with Gasteiger partial charge in [0.15, 0.2) is 11.5 Å². The number of carbonyl (C=O) groups is 1. The molecule has 0 amide bonds. The van der Waals surface area contributed by atoms with Gasteiger partial charge in [-0.1, -0.05) is 11.6 Å². The van der Waals surface area contributed by atoms with Crippen LogP contribution < -0.4 is 9.47 Å². The molecule has 1 aromatic rings. The normalized spacial score (nSPS) is 21.3. The molecule has 2 aliphatic heterocycles. The van der Waals surface area contributed by atoms with Gasteiger partial charge in [-0.25, -0.2) is 0 Å². The number of fused-ring (bicyclic) bond motifs is 1. The summed E-state index contributed by atoms with van der Waals surface area (Å²) in [5.41, 5.74) is 1.12. The SMILES string of the molecule is CN(CC(=O)O)C1CCCN(Cc2cc(Cl)c3c(c2)OCCCO3)CC1. The molecule has 2 aliphatic rings. The van der Waals surface area contributed by atoms with Crippen molar-refractivity contribution in [3.8, 4) is 11.5 Å². The van der Waals surface area contributed by atoms with Crippen molar-refractivity contribution in [2.24, 2.45) is 0 Å². The highest BCUT2D eigenvalue weighted by atomic mass is 35.5. The largest absolute Gasteiger partial charge is 0.489 e. The second kappa shape index (κ2) is 8.93. The molecule has 3 rings (SSSR count). The van der Waals surface area contributed by atoms with Gasteiger partial charge in [0.05, 0.1) is 24.8 Å². The van der Waals surface area contributed by atoms with E-state index in [1.165, 1.54) is 0 Å². The molecule has 1 aromatic carbocycles. The van der Waals surface area contributed by atoms with Crippen LogP contribution in [0.5, 0.6) is 11.5 Å². The molecule has 0 bridgehead atoms. The van der Waals surface area contributed by atoms with Gasteiger partial charge in [-0.3, -0.25) is 14.6 Å². The summed E-state index contributed by atoms with van der Waals surface area (Å²) in [7, 11) is 1.90. The zero-order valence-electron chi connectivity index (χ0n) is 15.2. The number of aliphatic carboxylic acids is 1. The summed E-state index contributed by atoms with van der Waals surface area (Å²) in [4.78, 5) is 15.3. The van der Waals surface area contributed by atoms with Crippen molar-refractivity contribution in [1.29, 1.82) is 0 Å². The molecular formula is C19H27ClN2O4. The average molecular weight is 383 g/mol. The number of halogens is 1. The summed E-state index contributed by atoms with van der Waals surface area (Å²) in [6.07, 6.45) is 3.93. The molecule has 1 atom stereocenters. The van der Waals surface area contributed by atoms with Crippen molar-refractivity contribution in [3.05, 3.63) is 22.7 Å². The third-order valence-corrected chi connectivity index (χ3v) is 5.35. The summed E-state index contributed by atoms with van der Waals surface area (Å²) >= 11 is 6.40. The van der Waals surface area contributed by atoms with Gasteiger partial charge in [0.2, 0.25) is 0 Å². The van der Waals surface area contributed by atoms with Crippen LogP contribution in [0.3, 0.4) is 0 Å². The van der Waals surface area contributed by atoms with Crippen LogP contribution in [0, 0.1) is 0 Å². The van der Waals surface area contributed by atoms with Crippen LogP contribution in [-0.2, 0) is 11.3 Å². The first-order valence-electron chi connectivity index (χ1n) is 9.25. The molecule has 6 nitrogen and oxygen atoms in total.